The van der Waals surface area contributed by atoms with E-state index in [4.69, 9.17) is 5.73 Å². The van der Waals surface area contributed by atoms with Crippen LogP contribution in [0.5, 0.6) is 0 Å². The van der Waals surface area contributed by atoms with Gasteiger partial charge in [0.1, 0.15) is 0 Å². The van der Waals surface area contributed by atoms with Crippen LogP contribution in [-0.2, 0) is 4.79 Å². The predicted molar refractivity (Wildman–Crippen MR) is 50.1 cm³/mol. The first-order valence-corrected chi connectivity index (χ1v) is 4.17. The third kappa shape index (κ3) is 2.95. The fourth-order valence-electron chi connectivity index (χ4n) is 0.727. The fourth-order valence-corrected chi connectivity index (χ4v) is 1.08. The fraction of sp³-hybridized carbons (Fsp3) is 0. The van der Waals surface area contributed by atoms with Crippen molar-refractivity contribution in [1.29, 1.82) is 0 Å². The van der Waals surface area contributed by atoms with E-state index in [2.05, 4.69) is 20.9 Å². The summed E-state index contributed by atoms with van der Waals surface area (Å²) in [7, 11) is 0. The maximum atomic E-state index is 12.9. The van der Waals surface area contributed by atoms with Gasteiger partial charge in [0.05, 0.1) is 0 Å². The summed E-state index contributed by atoms with van der Waals surface area (Å²) in [6.07, 6.45) is 3.68. The topological polar surface area (TPSA) is 56.0 Å². The molecule has 0 atom stereocenters. The molecule has 0 aliphatic rings. The van der Waals surface area contributed by atoms with E-state index in [1.54, 1.807) is 0 Å². The van der Waals surface area contributed by atoms with Crippen LogP contribution in [0.2, 0.25) is 0 Å². The highest BCUT2D eigenvalue weighted by atomic mass is 79.9. The number of aromatic nitrogens is 1. The zero-order chi connectivity index (χ0) is 9.84. The Bertz CT molecular complexity index is 365. The molecule has 0 fully saturated rings. The Morgan fingerprint density at radius 1 is 1.69 bits per heavy atom. The Morgan fingerprint density at radius 2 is 2.38 bits per heavy atom. The largest absolute Gasteiger partial charge is 0.366 e. The molecule has 0 radical (unpaired) electrons. The minimum atomic E-state index is -0.638. The van der Waals surface area contributed by atoms with Crippen molar-refractivity contribution in [3.63, 3.8) is 0 Å². The molecule has 0 spiro atoms. The molecule has 0 unspecified atom stereocenters. The summed E-state index contributed by atoms with van der Waals surface area (Å²) < 4.78 is 13.5. The number of amides is 1. The number of nitrogens with two attached hydrogens (primary N) is 1. The van der Waals surface area contributed by atoms with Gasteiger partial charge in [0, 0.05) is 22.3 Å². The number of nitrogens with zero attached hydrogens (tertiary/aromatic N) is 1. The third-order valence-electron chi connectivity index (χ3n) is 1.26. The van der Waals surface area contributed by atoms with E-state index >= 15 is 0 Å². The molecule has 0 aromatic carbocycles. The van der Waals surface area contributed by atoms with Gasteiger partial charge in [-0.05, 0) is 28.1 Å². The molecule has 0 aliphatic carbocycles. The number of pyridine rings is 1. The van der Waals surface area contributed by atoms with E-state index < -0.39 is 11.9 Å². The second kappa shape index (κ2) is 4.13. The van der Waals surface area contributed by atoms with Crippen molar-refractivity contribution < 1.29 is 9.18 Å². The highest BCUT2D eigenvalue weighted by Gasteiger charge is 2.00. The van der Waals surface area contributed by atoms with Gasteiger partial charge in [-0.3, -0.25) is 4.79 Å². The van der Waals surface area contributed by atoms with Crippen molar-refractivity contribution in [2.45, 2.75) is 0 Å². The lowest BCUT2D eigenvalue weighted by Crippen LogP contribution is -2.05. The van der Waals surface area contributed by atoms with Crippen LogP contribution in [0, 0.1) is 5.95 Å². The lowest BCUT2D eigenvalue weighted by Gasteiger charge is -1.95. The van der Waals surface area contributed by atoms with E-state index in [-0.39, 0.29) is 5.56 Å². The normalized spacial score (nSPS) is 10.6. The highest BCUT2D eigenvalue weighted by Crippen LogP contribution is 2.13. The quantitative estimate of drug-likeness (QED) is 0.633. The molecule has 0 saturated carbocycles. The smallest absolute Gasteiger partial charge is 0.241 e. The van der Waals surface area contributed by atoms with Crippen molar-refractivity contribution in [2.75, 3.05) is 0 Å². The van der Waals surface area contributed by atoms with Crippen LogP contribution in [-0.4, -0.2) is 10.9 Å². The summed E-state index contributed by atoms with van der Waals surface area (Å²) in [5.74, 6) is -1.26. The van der Waals surface area contributed by atoms with E-state index in [0.29, 0.717) is 4.47 Å². The summed E-state index contributed by atoms with van der Waals surface area (Å²) >= 11 is 3.12. The first-order valence-electron chi connectivity index (χ1n) is 3.38. The van der Waals surface area contributed by atoms with Crippen LogP contribution in [0.15, 0.2) is 22.8 Å². The zero-order valence-corrected chi connectivity index (χ0v) is 8.08. The molecule has 0 aliphatic heterocycles. The van der Waals surface area contributed by atoms with Crippen molar-refractivity contribution in [2.24, 2.45) is 5.73 Å². The molecule has 1 heterocycles. The van der Waals surface area contributed by atoms with E-state index in [9.17, 15) is 9.18 Å². The molecule has 68 valence electrons. The Balaban J connectivity index is 3.00. The molecule has 0 bridgehead atoms. The monoisotopic (exact) mass is 244 g/mol. The summed E-state index contributed by atoms with van der Waals surface area (Å²) in [6, 6.07) is 1.50. The van der Waals surface area contributed by atoms with Gasteiger partial charge in [-0.2, -0.15) is 4.39 Å². The Labute approximate surface area is 82.6 Å². The maximum Gasteiger partial charge on any atom is 0.241 e. The van der Waals surface area contributed by atoms with Crippen molar-refractivity contribution in [3.8, 4) is 0 Å². The highest BCUT2D eigenvalue weighted by molar-refractivity contribution is 9.10. The van der Waals surface area contributed by atoms with Gasteiger partial charge in [-0.15, -0.1) is 0 Å². The molecule has 5 heteroatoms. The van der Waals surface area contributed by atoms with Crippen molar-refractivity contribution in [3.05, 3.63) is 34.3 Å². The molecule has 3 nitrogen and oxygen atoms in total. The first kappa shape index (κ1) is 9.85. The van der Waals surface area contributed by atoms with E-state index in [0.717, 1.165) is 6.08 Å². The van der Waals surface area contributed by atoms with Crippen LogP contribution < -0.4 is 5.73 Å². The SMILES string of the molecule is NC(=O)C=Cc1cc(Br)cnc1F. The van der Waals surface area contributed by atoms with Gasteiger partial charge < -0.3 is 5.73 Å². The number of hydrogen-bond acceptors (Lipinski definition) is 2. The number of carbonyl (C=O) groups excluding carboxylic acids is 1. The van der Waals surface area contributed by atoms with Crippen LogP contribution in [0.1, 0.15) is 5.56 Å². The van der Waals surface area contributed by atoms with Crippen molar-refractivity contribution >= 4 is 27.9 Å². The molecular weight excluding hydrogens is 239 g/mol. The minimum absolute atomic E-state index is 0.216. The number of rotatable bonds is 2. The zero-order valence-electron chi connectivity index (χ0n) is 6.50. The summed E-state index contributed by atoms with van der Waals surface area (Å²) in [4.78, 5) is 13.8. The summed E-state index contributed by atoms with van der Waals surface area (Å²) in [5.41, 5.74) is 5.06. The van der Waals surface area contributed by atoms with Gasteiger partial charge >= 0.3 is 0 Å². The second-order valence-electron chi connectivity index (χ2n) is 2.27. The maximum absolute atomic E-state index is 12.9. The first-order chi connectivity index (χ1) is 6.09. The Kier molecular flexibility index (Phi) is 3.13. The minimum Gasteiger partial charge on any atom is -0.366 e. The molecule has 1 aromatic rings. The molecule has 1 amide bonds. The van der Waals surface area contributed by atoms with Crippen LogP contribution in [0.25, 0.3) is 6.08 Å². The predicted octanol–water partition coefficient (Wildman–Crippen LogP) is 1.48. The van der Waals surface area contributed by atoms with Crippen LogP contribution >= 0.6 is 15.9 Å². The molecule has 1 aromatic heterocycles. The Hall–Kier alpha value is -1.23. The van der Waals surface area contributed by atoms with Gasteiger partial charge in [-0.25, -0.2) is 4.98 Å². The van der Waals surface area contributed by atoms with Crippen molar-refractivity contribution in [1.82, 2.24) is 4.98 Å². The second-order valence-corrected chi connectivity index (χ2v) is 3.18. The number of primary amides is 1. The van der Waals surface area contributed by atoms with Crippen LogP contribution in [0.3, 0.4) is 0 Å². The summed E-state index contributed by atoms with van der Waals surface area (Å²) in [6.45, 7) is 0. The number of halogens is 2. The summed E-state index contributed by atoms with van der Waals surface area (Å²) in [5, 5.41) is 0. The van der Waals surface area contributed by atoms with Gasteiger partial charge in [0.25, 0.3) is 0 Å². The molecule has 2 N–H and O–H groups in total. The molecule has 1 rings (SSSR count). The standard InChI is InChI=1S/C8H6BrFN2O/c9-6-3-5(1-2-7(11)13)8(10)12-4-6/h1-4H,(H2,11,13). The van der Waals surface area contributed by atoms with Gasteiger partial charge in [0.15, 0.2) is 0 Å². The molecule has 0 saturated heterocycles. The average Bonchev–Trinajstić information content (AvgIpc) is 2.06. The van der Waals surface area contributed by atoms with Crippen LogP contribution in [0.4, 0.5) is 4.39 Å². The lowest BCUT2D eigenvalue weighted by molar-refractivity contribution is -0.113. The van der Waals surface area contributed by atoms with E-state index in [1.807, 2.05) is 0 Å². The van der Waals surface area contributed by atoms with Gasteiger partial charge in [0.2, 0.25) is 11.9 Å². The number of hydrogen-bond donors (Lipinski definition) is 1. The Morgan fingerprint density at radius 3 is 3.00 bits per heavy atom. The molecule has 13 heavy (non-hydrogen) atoms. The lowest BCUT2D eigenvalue weighted by atomic mass is 10.2. The van der Waals surface area contributed by atoms with E-state index in [1.165, 1.54) is 18.3 Å². The third-order valence-corrected chi connectivity index (χ3v) is 1.69. The molecular formula is C8H6BrFN2O. The number of carbonyl (C=O) groups is 1. The average molecular weight is 245 g/mol. The van der Waals surface area contributed by atoms with Gasteiger partial charge in [-0.1, -0.05) is 0 Å².